The highest BCUT2D eigenvalue weighted by molar-refractivity contribution is 6.06. The molecule has 1 saturated carbocycles. The monoisotopic (exact) mass is 381 g/mol. The van der Waals surface area contributed by atoms with Crippen LogP contribution in [0.25, 0.3) is 11.1 Å². The van der Waals surface area contributed by atoms with Gasteiger partial charge in [-0.3, -0.25) is 4.79 Å². The normalized spacial score (nSPS) is 14.7. The van der Waals surface area contributed by atoms with Crippen LogP contribution in [0.2, 0.25) is 0 Å². The molecular formula is C16H14F3N5O3. The molecule has 0 spiro atoms. The van der Waals surface area contributed by atoms with Gasteiger partial charge >= 0.3 is 12.1 Å². The van der Waals surface area contributed by atoms with Gasteiger partial charge in [0, 0.05) is 24.6 Å². The average molecular weight is 381 g/mol. The number of nitrogens with zero attached hydrogens (tertiary/aromatic N) is 4. The SMILES string of the molecule is Cc1noc2nc(C3CC3)cc(C(=O)NCCc3noc(C(F)(F)F)n3)c12. The lowest BCUT2D eigenvalue weighted by molar-refractivity contribution is -0.159. The summed E-state index contributed by atoms with van der Waals surface area (Å²) in [6, 6.07) is 1.72. The Balaban J connectivity index is 1.48. The maximum Gasteiger partial charge on any atom is 0.471 e. The fourth-order valence-corrected chi connectivity index (χ4v) is 2.73. The number of carbonyl (C=O) groups excluding carboxylic acids is 1. The van der Waals surface area contributed by atoms with Crippen molar-refractivity contribution in [1.82, 2.24) is 25.6 Å². The Morgan fingerprint density at radius 2 is 2.04 bits per heavy atom. The van der Waals surface area contributed by atoms with Crippen molar-refractivity contribution in [2.45, 2.75) is 38.3 Å². The van der Waals surface area contributed by atoms with E-state index in [-0.39, 0.29) is 18.8 Å². The quantitative estimate of drug-likeness (QED) is 0.724. The number of alkyl halides is 3. The van der Waals surface area contributed by atoms with Gasteiger partial charge in [-0.1, -0.05) is 10.3 Å². The van der Waals surface area contributed by atoms with Gasteiger partial charge < -0.3 is 14.4 Å². The molecule has 1 amide bonds. The van der Waals surface area contributed by atoms with Crippen LogP contribution in [0.1, 0.15) is 52.2 Å². The molecule has 0 aliphatic heterocycles. The largest absolute Gasteiger partial charge is 0.471 e. The predicted octanol–water partition coefficient (Wildman–Crippen LogP) is 2.78. The maximum absolute atomic E-state index is 12.6. The molecule has 142 valence electrons. The number of nitrogens with one attached hydrogen (secondary N) is 1. The summed E-state index contributed by atoms with van der Waals surface area (Å²) in [5.74, 6) is -1.63. The molecule has 1 aliphatic rings. The van der Waals surface area contributed by atoms with Gasteiger partial charge in [-0.15, -0.1) is 0 Å². The van der Waals surface area contributed by atoms with Crippen molar-refractivity contribution in [3.05, 3.63) is 34.7 Å². The number of rotatable bonds is 5. The molecule has 27 heavy (non-hydrogen) atoms. The van der Waals surface area contributed by atoms with E-state index in [9.17, 15) is 18.0 Å². The van der Waals surface area contributed by atoms with E-state index in [1.54, 1.807) is 13.0 Å². The minimum absolute atomic E-state index is 0.00233. The number of amides is 1. The lowest BCUT2D eigenvalue weighted by atomic mass is 10.1. The van der Waals surface area contributed by atoms with Gasteiger partial charge in [0.05, 0.1) is 16.6 Å². The third kappa shape index (κ3) is 3.49. The van der Waals surface area contributed by atoms with E-state index in [4.69, 9.17) is 4.52 Å². The second-order valence-electron chi connectivity index (χ2n) is 6.34. The molecule has 1 N–H and O–H groups in total. The van der Waals surface area contributed by atoms with Gasteiger partial charge in [0.25, 0.3) is 11.6 Å². The van der Waals surface area contributed by atoms with Crippen LogP contribution in [0.15, 0.2) is 15.1 Å². The number of halogens is 3. The van der Waals surface area contributed by atoms with Crippen molar-refractivity contribution in [2.75, 3.05) is 6.54 Å². The number of aryl methyl sites for hydroxylation is 1. The van der Waals surface area contributed by atoms with E-state index in [1.807, 2.05) is 0 Å². The van der Waals surface area contributed by atoms with Crippen LogP contribution in [0.3, 0.4) is 0 Å². The molecule has 3 heterocycles. The van der Waals surface area contributed by atoms with E-state index >= 15 is 0 Å². The van der Waals surface area contributed by atoms with Gasteiger partial charge in [-0.25, -0.2) is 4.98 Å². The average Bonchev–Trinajstić information content (AvgIpc) is 3.24. The van der Waals surface area contributed by atoms with Gasteiger partial charge in [0.2, 0.25) is 0 Å². The lowest BCUT2D eigenvalue weighted by Gasteiger charge is -2.07. The van der Waals surface area contributed by atoms with E-state index < -0.39 is 18.0 Å². The molecule has 8 nitrogen and oxygen atoms in total. The second kappa shape index (κ2) is 6.32. The predicted molar refractivity (Wildman–Crippen MR) is 83.9 cm³/mol. The van der Waals surface area contributed by atoms with E-state index in [1.165, 1.54) is 0 Å². The zero-order valence-corrected chi connectivity index (χ0v) is 14.1. The zero-order chi connectivity index (χ0) is 19.2. The first kappa shape index (κ1) is 17.4. The smallest absolute Gasteiger partial charge is 0.352 e. The van der Waals surface area contributed by atoms with Crippen LogP contribution in [-0.2, 0) is 12.6 Å². The van der Waals surface area contributed by atoms with Crippen LogP contribution in [0.5, 0.6) is 0 Å². The van der Waals surface area contributed by atoms with Crippen molar-refractivity contribution in [3.63, 3.8) is 0 Å². The summed E-state index contributed by atoms with van der Waals surface area (Å²) in [7, 11) is 0. The standard InChI is InChI=1S/C16H14F3N5O3/c1-7-12-9(6-10(8-2-3-8)21-14(12)26-23-7)13(25)20-5-4-11-22-15(27-24-11)16(17,18)19/h6,8H,2-5H2,1H3,(H,20,25). The number of hydrogen-bond donors (Lipinski definition) is 1. The Morgan fingerprint density at radius 3 is 2.70 bits per heavy atom. The zero-order valence-electron chi connectivity index (χ0n) is 14.1. The number of pyridine rings is 1. The molecule has 1 aliphatic carbocycles. The summed E-state index contributed by atoms with van der Waals surface area (Å²) in [5.41, 5.74) is 1.99. The third-order valence-electron chi connectivity index (χ3n) is 4.22. The number of hydrogen-bond acceptors (Lipinski definition) is 7. The molecule has 0 unspecified atom stereocenters. The lowest BCUT2D eigenvalue weighted by Crippen LogP contribution is -2.26. The Bertz CT molecular complexity index is 1010. The fraction of sp³-hybridized carbons (Fsp3) is 0.438. The van der Waals surface area contributed by atoms with Gasteiger partial charge in [0.15, 0.2) is 5.82 Å². The molecule has 1 fully saturated rings. The highest BCUT2D eigenvalue weighted by atomic mass is 19.4. The number of carbonyl (C=O) groups is 1. The Hall–Kier alpha value is -2.98. The highest BCUT2D eigenvalue weighted by Gasteiger charge is 2.38. The van der Waals surface area contributed by atoms with E-state index in [0.29, 0.717) is 28.3 Å². The minimum atomic E-state index is -4.69. The summed E-state index contributed by atoms with van der Waals surface area (Å²) >= 11 is 0. The van der Waals surface area contributed by atoms with Crippen molar-refractivity contribution >= 4 is 17.0 Å². The Morgan fingerprint density at radius 1 is 1.26 bits per heavy atom. The van der Waals surface area contributed by atoms with Crippen LogP contribution in [0.4, 0.5) is 13.2 Å². The van der Waals surface area contributed by atoms with Crippen LogP contribution in [-0.4, -0.2) is 32.7 Å². The molecule has 0 bridgehead atoms. The summed E-state index contributed by atoms with van der Waals surface area (Å²) in [6.07, 6.45) is -2.68. The van der Waals surface area contributed by atoms with Gasteiger partial charge in [-0.05, 0) is 25.8 Å². The molecule has 0 radical (unpaired) electrons. The summed E-state index contributed by atoms with van der Waals surface area (Å²) in [6.45, 7) is 1.75. The molecule has 0 aromatic carbocycles. The molecule has 0 saturated heterocycles. The Labute approximate surface area is 150 Å². The minimum Gasteiger partial charge on any atom is -0.352 e. The maximum atomic E-state index is 12.6. The highest BCUT2D eigenvalue weighted by Crippen LogP contribution is 2.40. The van der Waals surface area contributed by atoms with Gasteiger partial charge in [-0.2, -0.15) is 18.2 Å². The third-order valence-corrected chi connectivity index (χ3v) is 4.22. The molecule has 11 heteroatoms. The van der Waals surface area contributed by atoms with Crippen LogP contribution >= 0.6 is 0 Å². The van der Waals surface area contributed by atoms with Crippen LogP contribution < -0.4 is 5.32 Å². The van der Waals surface area contributed by atoms with Crippen molar-refractivity contribution in [2.24, 2.45) is 0 Å². The second-order valence-corrected chi connectivity index (χ2v) is 6.34. The van der Waals surface area contributed by atoms with Gasteiger partial charge in [0.1, 0.15) is 0 Å². The summed E-state index contributed by atoms with van der Waals surface area (Å²) < 4.78 is 46.7. The first-order valence-electron chi connectivity index (χ1n) is 8.28. The Kier molecular flexibility index (Phi) is 4.08. The van der Waals surface area contributed by atoms with Crippen molar-refractivity contribution in [3.8, 4) is 0 Å². The fourth-order valence-electron chi connectivity index (χ4n) is 2.73. The number of fused-ring (bicyclic) bond motifs is 1. The molecule has 4 rings (SSSR count). The van der Waals surface area contributed by atoms with E-state index in [0.717, 1.165) is 18.5 Å². The molecular weight excluding hydrogens is 367 g/mol. The van der Waals surface area contributed by atoms with E-state index in [2.05, 4.69) is 30.1 Å². The summed E-state index contributed by atoms with van der Waals surface area (Å²) in [5, 5.41) is 10.3. The first-order valence-corrected chi connectivity index (χ1v) is 8.28. The van der Waals surface area contributed by atoms with Crippen molar-refractivity contribution < 1.29 is 27.0 Å². The molecule has 3 aromatic heterocycles. The van der Waals surface area contributed by atoms with Crippen LogP contribution in [0, 0.1) is 6.92 Å². The first-order chi connectivity index (χ1) is 12.8. The van der Waals surface area contributed by atoms with Crippen molar-refractivity contribution in [1.29, 1.82) is 0 Å². The number of aromatic nitrogens is 4. The molecule has 3 aromatic rings. The molecule has 0 atom stereocenters. The summed E-state index contributed by atoms with van der Waals surface area (Å²) in [4.78, 5) is 20.3. The topological polar surface area (TPSA) is 107 Å².